The van der Waals surface area contributed by atoms with Crippen molar-refractivity contribution >= 4 is 27.7 Å². The molecule has 1 aliphatic heterocycles. The fourth-order valence-corrected chi connectivity index (χ4v) is 5.03. The van der Waals surface area contributed by atoms with Gasteiger partial charge in [0, 0.05) is 13.1 Å². The zero-order valence-corrected chi connectivity index (χ0v) is 18.5. The number of nitrogens with one attached hydrogen (secondary N) is 1. The third-order valence-corrected chi connectivity index (χ3v) is 6.93. The van der Waals surface area contributed by atoms with Crippen LogP contribution >= 0.6 is 0 Å². The average Bonchev–Trinajstić information content (AvgIpc) is 2.92. The minimum atomic E-state index is -4.12. The number of carbonyl (C=O) groups is 3. The second-order valence-corrected chi connectivity index (χ2v) is 9.22. The van der Waals surface area contributed by atoms with Gasteiger partial charge in [-0.25, -0.2) is 12.7 Å². The molecule has 1 aliphatic rings. The Morgan fingerprint density at radius 2 is 1.84 bits per heavy atom. The molecule has 0 spiro atoms. The molecule has 0 aliphatic carbocycles. The van der Waals surface area contributed by atoms with Crippen LogP contribution in [-0.2, 0) is 26.2 Å². The number of aryl methyl sites for hydroxylation is 1. The van der Waals surface area contributed by atoms with Gasteiger partial charge in [0.25, 0.3) is 15.9 Å². The summed E-state index contributed by atoms with van der Waals surface area (Å²) in [6.45, 7) is 5.08. The maximum Gasteiger partial charge on any atom is 0.269 e. The maximum atomic E-state index is 13.2. The summed E-state index contributed by atoms with van der Waals surface area (Å²) >= 11 is 0. The zero-order valence-electron chi connectivity index (χ0n) is 17.7. The average molecular weight is 444 g/mol. The Labute approximate surface area is 181 Å². The van der Waals surface area contributed by atoms with E-state index in [9.17, 15) is 22.8 Å². The largest absolute Gasteiger partial charge is 0.355 e. The molecule has 2 aromatic rings. The summed E-state index contributed by atoms with van der Waals surface area (Å²) in [7, 11) is -4.12. The van der Waals surface area contributed by atoms with Gasteiger partial charge in [0.05, 0.1) is 5.56 Å². The lowest BCUT2D eigenvalue weighted by atomic mass is 10.1. The van der Waals surface area contributed by atoms with Gasteiger partial charge in [-0.3, -0.25) is 14.4 Å². The van der Waals surface area contributed by atoms with Gasteiger partial charge in [-0.2, -0.15) is 0 Å². The van der Waals surface area contributed by atoms with Crippen molar-refractivity contribution in [1.29, 1.82) is 0 Å². The molecule has 8 nitrogen and oxygen atoms in total. The van der Waals surface area contributed by atoms with Crippen LogP contribution in [0.3, 0.4) is 0 Å². The van der Waals surface area contributed by atoms with Crippen LogP contribution in [0.4, 0.5) is 0 Å². The summed E-state index contributed by atoms with van der Waals surface area (Å²) in [4.78, 5) is 39.5. The van der Waals surface area contributed by atoms with Crippen LogP contribution in [0.1, 0.15) is 35.3 Å². The fourth-order valence-electron chi connectivity index (χ4n) is 3.51. The second-order valence-electron chi connectivity index (χ2n) is 7.39. The van der Waals surface area contributed by atoms with E-state index >= 15 is 0 Å². The van der Waals surface area contributed by atoms with Gasteiger partial charge < -0.3 is 10.2 Å². The monoisotopic (exact) mass is 443 g/mol. The van der Waals surface area contributed by atoms with Crippen molar-refractivity contribution < 1.29 is 22.8 Å². The predicted molar refractivity (Wildman–Crippen MR) is 115 cm³/mol. The number of hydrogen-bond donors (Lipinski definition) is 1. The SMILES string of the molecule is CCNC(=O)[C@@H](C)N(Cc1cccc(C)c1)C(=O)CN1C(=O)c2ccccc2S1(=O)=O. The number of amides is 3. The Kier molecular flexibility index (Phi) is 6.45. The lowest BCUT2D eigenvalue weighted by Gasteiger charge is -2.30. The van der Waals surface area contributed by atoms with Crippen LogP contribution in [0.2, 0.25) is 0 Å². The Bertz CT molecular complexity index is 1130. The molecular weight excluding hydrogens is 418 g/mol. The highest BCUT2D eigenvalue weighted by atomic mass is 32.2. The van der Waals surface area contributed by atoms with Gasteiger partial charge in [-0.05, 0) is 38.5 Å². The van der Waals surface area contributed by atoms with Crippen molar-refractivity contribution in [2.24, 2.45) is 0 Å². The molecule has 0 aromatic heterocycles. The first kappa shape index (κ1) is 22.5. The molecule has 1 N–H and O–H groups in total. The lowest BCUT2D eigenvalue weighted by Crippen LogP contribution is -2.51. The number of benzene rings is 2. The minimum Gasteiger partial charge on any atom is -0.355 e. The van der Waals surface area contributed by atoms with Crippen molar-refractivity contribution in [2.45, 2.75) is 38.3 Å². The standard InChI is InChI=1S/C22H25N3O5S/c1-4-23-21(27)16(3)24(13-17-9-7-8-15(2)12-17)20(26)14-25-22(28)18-10-5-6-11-19(18)31(25,29)30/h5-12,16H,4,13-14H2,1-3H3,(H,23,27)/t16-/m1/s1. The van der Waals surface area contributed by atoms with Crippen LogP contribution in [0.25, 0.3) is 0 Å². The van der Waals surface area contributed by atoms with E-state index in [1.807, 2.05) is 31.2 Å². The number of sulfonamides is 1. The molecule has 0 saturated heterocycles. The summed E-state index contributed by atoms with van der Waals surface area (Å²) in [5.74, 6) is -1.74. The fraction of sp³-hybridized carbons (Fsp3) is 0.318. The van der Waals surface area contributed by atoms with Crippen LogP contribution < -0.4 is 5.32 Å². The number of nitrogens with zero attached hydrogens (tertiary/aromatic N) is 2. The highest BCUT2D eigenvalue weighted by Crippen LogP contribution is 2.30. The summed E-state index contributed by atoms with van der Waals surface area (Å²) < 4.78 is 26.2. The molecule has 31 heavy (non-hydrogen) atoms. The molecule has 3 amide bonds. The third-order valence-electron chi connectivity index (χ3n) is 5.14. The molecule has 1 atom stereocenters. The van der Waals surface area contributed by atoms with Gasteiger partial charge in [0.15, 0.2) is 0 Å². The van der Waals surface area contributed by atoms with E-state index in [1.54, 1.807) is 19.9 Å². The first-order valence-corrected chi connectivity index (χ1v) is 11.4. The van der Waals surface area contributed by atoms with E-state index in [0.29, 0.717) is 10.8 Å². The van der Waals surface area contributed by atoms with Gasteiger partial charge in [0.1, 0.15) is 17.5 Å². The predicted octanol–water partition coefficient (Wildman–Crippen LogP) is 1.69. The van der Waals surface area contributed by atoms with E-state index in [4.69, 9.17) is 0 Å². The quantitative estimate of drug-likeness (QED) is 0.701. The maximum absolute atomic E-state index is 13.2. The molecule has 0 fully saturated rings. The molecular formula is C22H25N3O5S. The number of rotatable bonds is 7. The Hall–Kier alpha value is -3.20. The summed E-state index contributed by atoms with van der Waals surface area (Å²) in [5, 5.41) is 2.68. The highest BCUT2D eigenvalue weighted by molar-refractivity contribution is 7.90. The lowest BCUT2D eigenvalue weighted by molar-refractivity contribution is -0.140. The van der Waals surface area contributed by atoms with Gasteiger partial charge in [0.2, 0.25) is 11.8 Å². The van der Waals surface area contributed by atoms with E-state index < -0.39 is 34.4 Å². The van der Waals surface area contributed by atoms with Gasteiger partial charge in [-0.15, -0.1) is 0 Å². The Morgan fingerprint density at radius 1 is 1.13 bits per heavy atom. The normalized spacial score (nSPS) is 15.3. The smallest absolute Gasteiger partial charge is 0.269 e. The summed E-state index contributed by atoms with van der Waals surface area (Å²) in [5.41, 5.74) is 1.82. The van der Waals surface area contributed by atoms with Gasteiger partial charge in [-0.1, -0.05) is 42.0 Å². The van der Waals surface area contributed by atoms with E-state index in [-0.39, 0.29) is 22.9 Å². The number of carbonyl (C=O) groups excluding carboxylic acids is 3. The molecule has 3 rings (SSSR count). The first-order valence-electron chi connectivity index (χ1n) is 9.95. The van der Waals surface area contributed by atoms with Crippen LogP contribution in [0, 0.1) is 6.92 Å². The summed E-state index contributed by atoms with van der Waals surface area (Å²) in [6.07, 6.45) is 0. The molecule has 164 valence electrons. The third kappa shape index (κ3) is 4.46. The zero-order chi connectivity index (χ0) is 22.8. The molecule has 1 heterocycles. The second kappa shape index (κ2) is 8.89. The topological polar surface area (TPSA) is 104 Å². The van der Waals surface area contributed by atoms with Crippen LogP contribution in [0.15, 0.2) is 53.4 Å². The van der Waals surface area contributed by atoms with E-state index in [1.165, 1.54) is 23.1 Å². The molecule has 0 saturated carbocycles. The van der Waals surface area contributed by atoms with Crippen molar-refractivity contribution in [3.05, 3.63) is 65.2 Å². The minimum absolute atomic E-state index is 0.0392. The Morgan fingerprint density at radius 3 is 2.48 bits per heavy atom. The van der Waals surface area contributed by atoms with Crippen molar-refractivity contribution in [3.8, 4) is 0 Å². The van der Waals surface area contributed by atoms with Crippen molar-refractivity contribution in [3.63, 3.8) is 0 Å². The van der Waals surface area contributed by atoms with Crippen molar-refractivity contribution in [2.75, 3.05) is 13.1 Å². The molecule has 0 unspecified atom stereocenters. The summed E-state index contributed by atoms with van der Waals surface area (Å²) in [6, 6.07) is 12.5. The van der Waals surface area contributed by atoms with E-state index in [0.717, 1.165) is 11.1 Å². The molecule has 2 aromatic carbocycles. The Balaban J connectivity index is 1.89. The van der Waals surface area contributed by atoms with Gasteiger partial charge >= 0.3 is 0 Å². The number of fused-ring (bicyclic) bond motifs is 1. The van der Waals surface area contributed by atoms with Crippen molar-refractivity contribution in [1.82, 2.24) is 14.5 Å². The molecule has 0 radical (unpaired) electrons. The highest BCUT2D eigenvalue weighted by Gasteiger charge is 2.43. The number of likely N-dealkylation sites (N-methyl/N-ethyl adjacent to an activating group) is 1. The molecule has 9 heteroatoms. The first-order chi connectivity index (χ1) is 14.7. The van der Waals surface area contributed by atoms with E-state index in [2.05, 4.69) is 5.32 Å². The molecule has 0 bridgehead atoms. The van der Waals surface area contributed by atoms with Crippen LogP contribution in [0.5, 0.6) is 0 Å². The number of hydrogen-bond acceptors (Lipinski definition) is 5. The van der Waals surface area contributed by atoms with Crippen LogP contribution in [-0.4, -0.2) is 54.5 Å².